The van der Waals surface area contributed by atoms with Crippen molar-refractivity contribution in [1.82, 2.24) is 14.8 Å². The Morgan fingerprint density at radius 1 is 1.40 bits per heavy atom. The third-order valence-corrected chi connectivity index (χ3v) is 3.55. The standard InChI is InChI=1S/C8H19N3O3S/c1-6(2)10-15(12,13)11-7-4-9-5-8(7)14-3/h6-11H,4-5H2,1-3H3/t7?,8-/m0/s1. The molecule has 1 aliphatic heterocycles. The van der Waals surface area contributed by atoms with E-state index in [1.54, 1.807) is 21.0 Å². The van der Waals surface area contributed by atoms with E-state index in [2.05, 4.69) is 14.8 Å². The molecule has 0 aromatic rings. The molecule has 0 aromatic carbocycles. The molecule has 15 heavy (non-hydrogen) atoms. The fourth-order valence-electron chi connectivity index (χ4n) is 1.56. The van der Waals surface area contributed by atoms with Crippen molar-refractivity contribution in [1.29, 1.82) is 0 Å². The predicted molar refractivity (Wildman–Crippen MR) is 57.8 cm³/mol. The van der Waals surface area contributed by atoms with Crippen LogP contribution < -0.4 is 14.8 Å². The lowest BCUT2D eigenvalue weighted by Gasteiger charge is -2.19. The summed E-state index contributed by atoms with van der Waals surface area (Å²) in [6, 6.07) is -0.316. The molecule has 0 aromatic heterocycles. The number of hydrogen-bond donors (Lipinski definition) is 3. The van der Waals surface area contributed by atoms with Gasteiger partial charge in [-0.3, -0.25) is 0 Å². The van der Waals surface area contributed by atoms with Crippen molar-refractivity contribution in [3.8, 4) is 0 Å². The summed E-state index contributed by atoms with van der Waals surface area (Å²) in [5.41, 5.74) is 0. The van der Waals surface area contributed by atoms with Crippen molar-refractivity contribution < 1.29 is 13.2 Å². The zero-order valence-corrected chi connectivity index (χ0v) is 10.1. The third kappa shape index (κ3) is 4.04. The summed E-state index contributed by atoms with van der Waals surface area (Å²) in [6.07, 6.45) is -0.103. The normalized spacial score (nSPS) is 27.5. The Morgan fingerprint density at radius 2 is 2.07 bits per heavy atom. The fourth-order valence-corrected chi connectivity index (χ4v) is 2.89. The first-order valence-corrected chi connectivity index (χ1v) is 6.46. The molecular formula is C8H19N3O3S. The van der Waals surface area contributed by atoms with Crippen LogP contribution in [0.2, 0.25) is 0 Å². The first-order valence-electron chi connectivity index (χ1n) is 4.97. The van der Waals surface area contributed by atoms with Crippen molar-refractivity contribution >= 4 is 10.2 Å². The number of ether oxygens (including phenoxy) is 1. The van der Waals surface area contributed by atoms with Gasteiger partial charge < -0.3 is 10.1 Å². The van der Waals surface area contributed by atoms with Gasteiger partial charge in [0.2, 0.25) is 0 Å². The van der Waals surface area contributed by atoms with Gasteiger partial charge in [-0.1, -0.05) is 0 Å². The van der Waals surface area contributed by atoms with E-state index < -0.39 is 10.2 Å². The molecule has 0 aliphatic carbocycles. The Morgan fingerprint density at radius 3 is 2.60 bits per heavy atom. The Kier molecular flexibility index (Phi) is 4.47. The average Bonchev–Trinajstić information content (AvgIpc) is 2.48. The zero-order valence-electron chi connectivity index (χ0n) is 9.28. The van der Waals surface area contributed by atoms with Crippen LogP contribution in [0.25, 0.3) is 0 Å². The molecule has 1 unspecified atom stereocenters. The van der Waals surface area contributed by atoms with Gasteiger partial charge in [0, 0.05) is 26.2 Å². The maximum absolute atomic E-state index is 11.6. The predicted octanol–water partition coefficient (Wildman–Crippen LogP) is -1.19. The Labute approximate surface area is 90.9 Å². The summed E-state index contributed by atoms with van der Waals surface area (Å²) in [4.78, 5) is 0. The summed E-state index contributed by atoms with van der Waals surface area (Å²) >= 11 is 0. The van der Waals surface area contributed by atoms with E-state index in [0.29, 0.717) is 13.1 Å². The fraction of sp³-hybridized carbons (Fsp3) is 1.00. The van der Waals surface area contributed by atoms with Crippen LogP contribution in [0.4, 0.5) is 0 Å². The van der Waals surface area contributed by atoms with E-state index in [9.17, 15) is 8.42 Å². The topological polar surface area (TPSA) is 79.5 Å². The van der Waals surface area contributed by atoms with Gasteiger partial charge in [-0.05, 0) is 13.8 Å². The van der Waals surface area contributed by atoms with Gasteiger partial charge in [0.25, 0.3) is 10.2 Å². The highest BCUT2D eigenvalue weighted by molar-refractivity contribution is 7.87. The van der Waals surface area contributed by atoms with E-state index in [1.807, 2.05) is 0 Å². The van der Waals surface area contributed by atoms with E-state index in [-0.39, 0.29) is 18.2 Å². The van der Waals surface area contributed by atoms with Gasteiger partial charge in [0.1, 0.15) is 0 Å². The first kappa shape index (κ1) is 12.9. The van der Waals surface area contributed by atoms with Crippen molar-refractivity contribution in [3.63, 3.8) is 0 Å². The molecule has 2 atom stereocenters. The molecule has 3 N–H and O–H groups in total. The summed E-state index contributed by atoms with van der Waals surface area (Å²) in [5.74, 6) is 0. The largest absolute Gasteiger partial charge is 0.378 e. The van der Waals surface area contributed by atoms with Gasteiger partial charge in [-0.2, -0.15) is 17.9 Å². The molecule has 0 amide bonds. The van der Waals surface area contributed by atoms with Gasteiger partial charge in [0.05, 0.1) is 12.1 Å². The van der Waals surface area contributed by atoms with Gasteiger partial charge in [-0.15, -0.1) is 0 Å². The van der Waals surface area contributed by atoms with Gasteiger partial charge in [0.15, 0.2) is 0 Å². The molecular weight excluding hydrogens is 218 g/mol. The average molecular weight is 237 g/mol. The van der Waals surface area contributed by atoms with Crippen LogP contribution in [0, 0.1) is 0 Å². The van der Waals surface area contributed by atoms with Crippen LogP contribution >= 0.6 is 0 Å². The third-order valence-electron chi connectivity index (χ3n) is 2.16. The lowest BCUT2D eigenvalue weighted by molar-refractivity contribution is 0.102. The van der Waals surface area contributed by atoms with E-state index in [0.717, 1.165) is 0 Å². The van der Waals surface area contributed by atoms with E-state index in [1.165, 1.54) is 0 Å². The molecule has 90 valence electrons. The molecule has 1 heterocycles. The summed E-state index contributed by atoms with van der Waals surface area (Å²) in [5, 5.41) is 3.07. The van der Waals surface area contributed by atoms with Crippen molar-refractivity contribution in [2.45, 2.75) is 32.0 Å². The molecule has 0 spiro atoms. The quantitative estimate of drug-likeness (QED) is 0.561. The van der Waals surface area contributed by atoms with Crippen LogP contribution in [0.5, 0.6) is 0 Å². The lowest BCUT2D eigenvalue weighted by Crippen LogP contribution is -2.49. The Balaban J connectivity index is 2.53. The molecule has 0 saturated carbocycles. The molecule has 1 fully saturated rings. The summed E-state index contributed by atoms with van der Waals surface area (Å²) in [6.45, 7) is 4.82. The monoisotopic (exact) mass is 237 g/mol. The van der Waals surface area contributed by atoms with Gasteiger partial charge >= 0.3 is 0 Å². The number of methoxy groups -OCH3 is 1. The van der Waals surface area contributed by atoms with Crippen LogP contribution in [0.3, 0.4) is 0 Å². The highest BCUT2D eigenvalue weighted by atomic mass is 32.2. The number of rotatable bonds is 5. The minimum absolute atomic E-state index is 0.103. The zero-order chi connectivity index (χ0) is 11.5. The van der Waals surface area contributed by atoms with Gasteiger partial charge in [-0.25, -0.2) is 0 Å². The molecule has 1 saturated heterocycles. The molecule has 1 rings (SSSR count). The molecule has 0 bridgehead atoms. The van der Waals surface area contributed by atoms with Crippen molar-refractivity contribution in [2.75, 3.05) is 20.2 Å². The van der Waals surface area contributed by atoms with Crippen LogP contribution in [-0.2, 0) is 14.9 Å². The number of nitrogens with one attached hydrogen (secondary N) is 3. The second-order valence-electron chi connectivity index (χ2n) is 3.93. The molecule has 7 heteroatoms. The maximum atomic E-state index is 11.6. The van der Waals surface area contributed by atoms with E-state index in [4.69, 9.17) is 4.74 Å². The molecule has 6 nitrogen and oxygen atoms in total. The minimum Gasteiger partial charge on any atom is -0.378 e. The van der Waals surface area contributed by atoms with Crippen LogP contribution in [-0.4, -0.2) is 46.8 Å². The highest BCUT2D eigenvalue weighted by Crippen LogP contribution is 2.04. The maximum Gasteiger partial charge on any atom is 0.277 e. The lowest BCUT2D eigenvalue weighted by atomic mass is 10.2. The second-order valence-corrected chi connectivity index (χ2v) is 5.41. The van der Waals surface area contributed by atoms with Crippen molar-refractivity contribution in [2.24, 2.45) is 0 Å². The van der Waals surface area contributed by atoms with E-state index >= 15 is 0 Å². The summed E-state index contributed by atoms with van der Waals surface area (Å²) < 4.78 is 33.3. The Bertz CT molecular complexity index is 292. The SMILES string of the molecule is CO[C@H]1CNCC1NS(=O)(=O)NC(C)C. The number of hydrogen-bond acceptors (Lipinski definition) is 4. The molecule has 1 aliphatic rings. The first-order chi connectivity index (χ1) is 6.94. The Hall–Kier alpha value is -0.210. The van der Waals surface area contributed by atoms with Crippen molar-refractivity contribution in [3.05, 3.63) is 0 Å². The van der Waals surface area contributed by atoms with Crippen LogP contribution in [0.15, 0.2) is 0 Å². The molecule has 0 radical (unpaired) electrons. The second kappa shape index (κ2) is 5.22. The minimum atomic E-state index is -3.43. The highest BCUT2D eigenvalue weighted by Gasteiger charge is 2.30. The van der Waals surface area contributed by atoms with Crippen LogP contribution in [0.1, 0.15) is 13.8 Å². The summed E-state index contributed by atoms with van der Waals surface area (Å²) in [7, 11) is -1.85. The smallest absolute Gasteiger partial charge is 0.277 e.